The summed E-state index contributed by atoms with van der Waals surface area (Å²) < 4.78 is 51.6. The summed E-state index contributed by atoms with van der Waals surface area (Å²) in [6.07, 6.45) is -2.97. The molecule has 1 unspecified atom stereocenters. The number of fused-ring (bicyclic) bond motifs is 4. The number of nitrogens with zero attached hydrogens (tertiary/aromatic N) is 1. The predicted molar refractivity (Wildman–Crippen MR) is 126 cm³/mol. The average Bonchev–Trinajstić information content (AvgIpc) is 2.80. The van der Waals surface area contributed by atoms with Gasteiger partial charge < -0.3 is 14.8 Å². The number of carbonyl (C=O) groups is 1. The van der Waals surface area contributed by atoms with Crippen molar-refractivity contribution >= 4 is 17.7 Å². The van der Waals surface area contributed by atoms with Crippen molar-refractivity contribution in [1.82, 2.24) is 10.2 Å². The number of benzene rings is 2. The Morgan fingerprint density at radius 3 is 2.54 bits per heavy atom. The van der Waals surface area contributed by atoms with Gasteiger partial charge in [-0.1, -0.05) is 37.6 Å². The van der Waals surface area contributed by atoms with E-state index in [0.29, 0.717) is 29.4 Å². The number of alkyl halides is 3. The minimum Gasteiger partial charge on any atom is -0.493 e. The standard InChI is InChI=1S/C26H28ClF3N2O3/c1-25(2)14-34-21-11-16(17-9-18(26(28,29)30)12-19(27)10-17)3-4-20(21)23(25)31-24(33)35-22-13-32-7-5-15(22)6-8-32/h3-4,9-12,15,22-23H,5-8,13-14H2,1-2H3,(H,31,33)/t22-,23?/m1/s1. The van der Waals surface area contributed by atoms with Crippen LogP contribution in [-0.2, 0) is 10.9 Å². The average molecular weight is 509 g/mol. The quantitative estimate of drug-likeness (QED) is 0.528. The first-order valence-electron chi connectivity index (χ1n) is 11.8. The van der Waals surface area contributed by atoms with Gasteiger partial charge in [0.1, 0.15) is 11.9 Å². The second-order valence-electron chi connectivity index (χ2n) is 10.4. The van der Waals surface area contributed by atoms with E-state index in [1.165, 1.54) is 6.07 Å². The van der Waals surface area contributed by atoms with E-state index < -0.39 is 23.2 Å². The summed E-state index contributed by atoms with van der Waals surface area (Å²) >= 11 is 5.97. The van der Waals surface area contributed by atoms with Crippen LogP contribution in [0.2, 0.25) is 5.02 Å². The molecule has 4 aliphatic rings. The highest BCUT2D eigenvalue weighted by atomic mass is 35.5. The molecule has 5 nitrogen and oxygen atoms in total. The highest BCUT2D eigenvalue weighted by Gasteiger charge is 2.41. The van der Waals surface area contributed by atoms with E-state index in [9.17, 15) is 18.0 Å². The Morgan fingerprint density at radius 1 is 1.14 bits per heavy atom. The van der Waals surface area contributed by atoms with Crippen LogP contribution in [0.15, 0.2) is 36.4 Å². The summed E-state index contributed by atoms with van der Waals surface area (Å²) in [7, 11) is 0. The van der Waals surface area contributed by atoms with Crippen molar-refractivity contribution in [1.29, 1.82) is 0 Å². The molecule has 2 aromatic carbocycles. The molecule has 4 heterocycles. The van der Waals surface area contributed by atoms with Crippen LogP contribution in [0.3, 0.4) is 0 Å². The molecule has 35 heavy (non-hydrogen) atoms. The first-order chi connectivity index (χ1) is 16.5. The SMILES string of the molecule is CC1(C)COc2cc(-c3cc(Cl)cc(C(F)(F)F)c3)ccc2C1NC(=O)O[C@@H]1CN2CCC1CC2. The van der Waals surface area contributed by atoms with Gasteiger partial charge >= 0.3 is 12.3 Å². The number of piperidine rings is 3. The summed E-state index contributed by atoms with van der Waals surface area (Å²) in [5, 5.41) is 3.04. The number of amides is 1. The van der Waals surface area contributed by atoms with Gasteiger partial charge in [0.15, 0.2) is 0 Å². The van der Waals surface area contributed by atoms with Gasteiger partial charge in [0.05, 0.1) is 18.2 Å². The van der Waals surface area contributed by atoms with Crippen molar-refractivity contribution in [3.05, 3.63) is 52.5 Å². The van der Waals surface area contributed by atoms with Crippen molar-refractivity contribution in [2.45, 2.75) is 45.0 Å². The van der Waals surface area contributed by atoms with Crippen LogP contribution in [0.1, 0.15) is 43.9 Å². The highest BCUT2D eigenvalue weighted by molar-refractivity contribution is 6.31. The van der Waals surface area contributed by atoms with E-state index >= 15 is 0 Å². The summed E-state index contributed by atoms with van der Waals surface area (Å²) in [4.78, 5) is 15.2. The second-order valence-corrected chi connectivity index (χ2v) is 10.9. The fourth-order valence-corrected chi connectivity index (χ4v) is 5.61. The van der Waals surface area contributed by atoms with Crippen molar-refractivity contribution in [3.8, 4) is 16.9 Å². The van der Waals surface area contributed by atoms with E-state index in [-0.39, 0.29) is 17.2 Å². The minimum absolute atomic E-state index is 0.00428. The summed E-state index contributed by atoms with van der Waals surface area (Å²) in [6, 6.07) is 8.31. The molecule has 0 spiro atoms. The first-order valence-corrected chi connectivity index (χ1v) is 12.2. The summed E-state index contributed by atoms with van der Waals surface area (Å²) in [5.41, 5.74) is 0.420. The zero-order chi connectivity index (χ0) is 25.0. The lowest BCUT2D eigenvalue weighted by molar-refractivity contribution is -0.137. The van der Waals surface area contributed by atoms with Gasteiger partial charge in [0.25, 0.3) is 0 Å². The largest absolute Gasteiger partial charge is 0.493 e. The maximum absolute atomic E-state index is 13.3. The third kappa shape index (κ3) is 4.96. The van der Waals surface area contributed by atoms with Crippen LogP contribution in [0.4, 0.5) is 18.0 Å². The Labute approximate surface area is 207 Å². The summed E-state index contributed by atoms with van der Waals surface area (Å²) in [6.45, 7) is 7.22. The van der Waals surface area contributed by atoms with Gasteiger partial charge in [-0.15, -0.1) is 0 Å². The molecule has 0 aromatic heterocycles. The molecule has 4 aliphatic heterocycles. The Balaban J connectivity index is 1.38. The topological polar surface area (TPSA) is 50.8 Å². The minimum atomic E-state index is -4.50. The monoisotopic (exact) mass is 508 g/mol. The van der Waals surface area contributed by atoms with Gasteiger partial charge in [-0.25, -0.2) is 4.79 Å². The van der Waals surface area contributed by atoms with Crippen LogP contribution in [0.5, 0.6) is 5.75 Å². The Hall–Kier alpha value is -2.45. The molecule has 2 atom stereocenters. The van der Waals surface area contributed by atoms with Crippen LogP contribution in [0, 0.1) is 11.3 Å². The molecule has 188 valence electrons. The molecular formula is C26H28ClF3N2O3. The Kier molecular flexibility index (Phi) is 6.16. The second kappa shape index (κ2) is 8.89. The lowest BCUT2D eigenvalue weighted by atomic mass is 9.78. The van der Waals surface area contributed by atoms with Crippen molar-refractivity contribution in [3.63, 3.8) is 0 Å². The number of alkyl carbamates (subject to hydrolysis) is 1. The summed E-state index contributed by atoms with van der Waals surface area (Å²) in [5.74, 6) is 0.922. The van der Waals surface area contributed by atoms with Crippen molar-refractivity contribution in [2.75, 3.05) is 26.2 Å². The van der Waals surface area contributed by atoms with E-state index in [2.05, 4.69) is 10.2 Å². The van der Waals surface area contributed by atoms with E-state index in [1.54, 1.807) is 18.2 Å². The molecule has 3 fully saturated rings. The maximum Gasteiger partial charge on any atom is 0.416 e. The van der Waals surface area contributed by atoms with Gasteiger partial charge in [-0.05, 0) is 67.2 Å². The number of carbonyl (C=O) groups excluding carboxylic acids is 1. The van der Waals surface area contributed by atoms with Gasteiger partial charge in [0, 0.05) is 22.5 Å². The zero-order valence-electron chi connectivity index (χ0n) is 19.6. The van der Waals surface area contributed by atoms with Gasteiger partial charge in [-0.3, -0.25) is 4.90 Å². The lowest BCUT2D eigenvalue weighted by Gasteiger charge is -2.44. The number of hydrogen-bond donors (Lipinski definition) is 1. The predicted octanol–water partition coefficient (Wildman–Crippen LogP) is 6.31. The fourth-order valence-electron chi connectivity index (χ4n) is 5.37. The molecule has 1 amide bonds. The molecule has 2 aromatic rings. The van der Waals surface area contributed by atoms with E-state index in [4.69, 9.17) is 21.1 Å². The molecule has 9 heteroatoms. The van der Waals surface area contributed by atoms with Crippen molar-refractivity contribution in [2.24, 2.45) is 11.3 Å². The third-order valence-electron chi connectivity index (χ3n) is 7.38. The number of rotatable bonds is 3. The smallest absolute Gasteiger partial charge is 0.416 e. The molecule has 0 radical (unpaired) electrons. The number of hydrogen-bond acceptors (Lipinski definition) is 4. The number of nitrogens with one attached hydrogen (secondary N) is 1. The third-order valence-corrected chi connectivity index (χ3v) is 7.60. The van der Waals surface area contributed by atoms with E-state index in [1.807, 2.05) is 13.8 Å². The number of halogens is 4. The van der Waals surface area contributed by atoms with Crippen LogP contribution in [-0.4, -0.2) is 43.3 Å². The van der Waals surface area contributed by atoms with Gasteiger partial charge in [0.2, 0.25) is 0 Å². The maximum atomic E-state index is 13.3. The molecular weight excluding hydrogens is 481 g/mol. The normalized spacial score (nSPS) is 27.0. The molecule has 0 aliphatic carbocycles. The number of ether oxygens (including phenoxy) is 2. The van der Waals surface area contributed by atoms with E-state index in [0.717, 1.165) is 50.2 Å². The van der Waals surface area contributed by atoms with Crippen LogP contribution in [0.25, 0.3) is 11.1 Å². The Morgan fingerprint density at radius 2 is 1.89 bits per heavy atom. The van der Waals surface area contributed by atoms with Crippen LogP contribution < -0.4 is 10.1 Å². The highest BCUT2D eigenvalue weighted by Crippen LogP contribution is 2.45. The molecule has 3 saturated heterocycles. The van der Waals surface area contributed by atoms with Gasteiger partial charge in [-0.2, -0.15) is 13.2 Å². The lowest BCUT2D eigenvalue weighted by Crippen LogP contribution is -2.53. The first kappa shape index (κ1) is 24.3. The molecule has 1 N–H and O–H groups in total. The molecule has 6 rings (SSSR count). The fraction of sp³-hybridized carbons (Fsp3) is 0.500. The Bertz CT molecular complexity index is 1130. The molecule has 2 bridgehead atoms. The zero-order valence-corrected chi connectivity index (χ0v) is 20.4. The molecule has 0 saturated carbocycles. The van der Waals surface area contributed by atoms with Crippen LogP contribution >= 0.6 is 11.6 Å². The van der Waals surface area contributed by atoms with Crippen molar-refractivity contribution < 1.29 is 27.4 Å².